The van der Waals surface area contributed by atoms with E-state index in [2.05, 4.69) is 73.9 Å². The van der Waals surface area contributed by atoms with E-state index in [4.69, 9.17) is 9.72 Å². The molecule has 0 spiro atoms. The molecule has 0 atom stereocenters. The topological polar surface area (TPSA) is 60.0 Å². The van der Waals surface area contributed by atoms with E-state index >= 15 is 0 Å². The van der Waals surface area contributed by atoms with Gasteiger partial charge in [0.2, 0.25) is 5.95 Å². The Kier molecular flexibility index (Phi) is 8.64. The maximum atomic E-state index is 5.50. The van der Waals surface area contributed by atoms with Crippen LogP contribution in [0.2, 0.25) is 0 Å². The summed E-state index contributed by atoms with van der Waals surface area (Å²) in [5, 5.41) is 3.40. The number of rotatable bonds is 12. The molecule has 39 heavy (non-hydrogen) atoms. The van der Waals surface area contributed by atoms with Gasteiger partial charge in [-0.2, -0.15) is 4.98 Å². The van der Waals surface area contributed by atoms with Gasteiger partial charge in [-0.25, -0.2) is 4.98 Å². The predicted molar refractivity (Wildman–Crippen MR) is 161 cm³/mol. The van der Waals surface area contributed by atoms with Gasteiger partial charge in [0.1, 0.15) is 5.82 Å². The highest BCUT2D eigenvalue weighted by Gasteiger charge is 2.28. The molecule has 0 saturated carbocycles. The second-order valence-corrected chi connectivity index (χ2v) is 10.4. The van der Waals surface area contributed by atoms with Crippen LogP contribution in [0.3, 0.4) is 0 Å². The molecule has 0 amide bonds. The van der Waals surface area contributed by atoms with Gasteiger partial charge in [-0.15, -0.1) is 0 Å². The van der Waals surface area contributed by atoms with Gasteiger partial charge >= 0.3 is 0 Å². The van der Waals surface area contributed by atoms with Crippen molar-refractivity contribution in [2.45, 2.75) is 13.3 Å². The van der Waals surface area contributed by atoms with Crippen LogP contribution in [0.25, 0.3) is 6.08 Å². The molecule has 1 aromatic carbocycles. The standard InChI is InChI=1S/C31H41N7O/c1-5-24(3)37-22-26(23-37)13-14-38-25(4)7-8-27-21-32-31(34-30(27)38)33-28-9-11-29(12-10-28)36-17-15-35(16-18-36)19-20-39-6-2/h5,7-12,21,26H,1,3-4,6,13-20,22-23H2,2H3,(H,32,33,34). The zero-order valence-corrected chi connectivity index (χ0v) is 23.2. The Morgan fingerprint density at radius 1 is 1.10 bits per heavy atom. The maximum Gasteiger partial charge on any atom is 0.229 e. The first-order valence-corrected chi connectivity index (χ1v) is 14.0. The fourth-order valence-corrected chi connectivity index (χ4v) is 5.32. The maximum absolute atomic E-state index is 5.50. The molecule has 3 aliphatic heterocycles. The molecule has 2 saturated heterocycles. The number of fused-ring (bicyclic) bond motifs is 1. The molecule has 2 aromatic rings. The first kappa shape index (κ1) is 27.0. The molecule has 4 heterocycles. The molecule has 5 rings (SSSR count). The smallest absolute Gasteiger partial charge is 0.229 e. The molecule has 0 unspecified atom stereocenters. The van der Waals surface area contributed by atoms with Gasteiger partial charge in [-0.3, -0.25) is 4.90 Å². The normalized spacial score (nSPS) is 17.7. The van der Waals surface area contributed by atoms with Crippen molar-refractivity contribution in [1.82, 2.24) is 19.8 Å². The number of aromatic nitrogens is 2. The zero-order chi connectivity index (χ0) is 27.2. The van der Waals surface area contributed by atoms with Crippen molar-refractivity contribution >= 4 is 29.2 Å². The zero-order valence-electron chi connectivity index (χ0n) is 23.2. The number of hydrogen-bond donors (Lipinski definition) is 1. The predicted octanol–water partition coefficient (Wildman–Crippen LogP) is 4.75. The van der Waals surface area contributed by atoms with Crippen molar-refractivity contribution < 1.29 is 4.74 Å². The van der Waals surface area contributed by atoms with Crippen LogP contribution in [-0.2, 0) is 4.74 Å². The Balaban J connectivity index is 1.16. The first-order chi connectivity index (χ1) is 19.0. The summed E-state index contributed by atoms with van der Waals surface area (Å²) in [6, 6.07) is 8.57. The number of benzene rings is 1. The monoisotopic (exact) mass is 527 g/mol. The van der Waals surface area contributed by atoms with Crippen LogP contribution in [-0.4, -0.2) is 85.3 Å². The second-order valence-electron chi connectivity index (χ2n) is 10.4. The minimum absolute atomic E-state index is 0.592. The second kappa shape index (κ2) is 12.5. The van der Waals surface area contributed by atoms with Crippen LogP contribution in [0.4, 0.5) is 23.1 Å². The van der Waals surface area contributed by atoms with E-state index in [0.29, 0.717) is 11.9 Å². The van der Waals surface area contributed by atoms with Crippen molar-refractivity contribution in [1.29, 1.82) is 0 Å². The summed E-state index contributed by atoms with van der Waals surface area (Å²) in [4.78, 5) is 18.9. The van der Waals surface area contributed by atoms with E-state index in [-0.39, 0.29) is 0 Å². The number of allylic oxidation sites excluding steroid dienone is 2. The number of likely N-dealkylation sites (tertiary alicyclic amines) is 1. The summed E-state index contributed by atoms with van der Waals surface area (Å²) < 4.78 is 5.50. The van der Waals surface area contributed by atoms with Crippen molar-refractivity contribution in [3.8, 4) is 0 Å². The van der Waals surface area contributed by atoms with Crippen molar-refractivity contribution in [2.24, 2.45) is 5.92 Å². The fraction of sp³-hybridized carbons (Fsp3) is 0.419. The van der Waals surface area contributed by atoms with Gasteiger partial charge in [0.25, 0.3) is 0 Å². The first-order valence-electron chi connectivity index (χ1n) is 14.0. The van der Waals surface area contributed by atoms with Crippen LogP contribution in [0.5, 0.6) is 0 Å². The Morgan fingerprint density at radius 3 is 2.59 bits per heavy atom. The van der Waals surface area contributed by atoms with Crippen molar-refractivity contribution in [3.05, 3.63) is 79.3 Å². The third-order valence-corrected chi connectivity index (χ3v) is 7.83. The largest absolute Gasteiger partial charge is 0.380 e. The molecule has 2 fully saturated rings. The van der Waals surface area contributed by atoms with Crippen LogP contribution >= 0.6 is 0 Å². The molecule has 0 aliphatic carbocycles. The number of nitrogens with one attached hydrogen (secondary N) is 1. The molecule has 3 aliphatic rings. The molecule has 0 radical (unpaired) electrons. The lowest BCUT2D eigenvalue weighted by molar-refractivity contribution is 0.111. The fourth-order valence-electron chi connectivity index (χ4n) is 5.32. The summed E-state index contributed by atoms with van der Waals surface area (Å²) in [6.07, 6.45) is 8.88. The third-order valence-electron chi connectivity index (χ3n) is 7.83. The van der Waals surface area contributed by atoms with Gasteiger partial charge in [0.05, 0.1) is 6.61 Å². The summed E-state index contributed by atoms with van der Waals surface area (Å²) >= 11 is 0. The molecule has 206 valence electrons. The average molecular weight is 528 g/mol. The Labute approximate surface area is 233 Å². The van der Waals surface area contributed by atoms with Crippen LogP contribution < -0.4 is 15.1 Å². The molecule has 8 nitrogen and oxygen atoms in total. The highest BCUT2D eigenvalue weighted by atomic mass is 16.5. The minimum atomic E-state index is 0.592. The number of piperazine rings is 1. The Hall–Kier alpha value is -3.62. The average Bonchev–Trinajstić information content (AvgIpc) is 2.94. The quantitative estimate of drug-likeness (QED) is 0.314. The summed E-state index contributed by atoms with van der Waals surface area (Å²) in [6.45, 7) is 23.9. The molecular formula is C31H41N7O. The number of hydrogen-bond acceptors (Lipinski definition) is 8. The van der Waals surface area contributed by atoms with Crippen molar-refractivity contribution in [2.75, 3.05) is 80.7 Å². The Bertz CT molecular complexity index is 1190. The lowest BCUT2D eigenvalue weighted by Crippen LogP contribution is -2.47. The van der Waals surface area contributed by atoms with Crippen LogP contribution in [0.1, 0.15) is 18.9 Å². The summed E-state index contributed by atoms with van der Waals surface area (Å²) in [5.41, 5.74) is 5.20. The minimum Gasteiger partial charge on any atom is -0.380 e. The molecule has 1 aromatic heterocycles. The number of nitrogens with zero attached hydrogens (tertiary/aromatic N) is 6. The molecule has 0 bridgehead atoms. The summed E-state index contributed by atoms with van der Waals surface area (Å²) in [7, 11) is 0. The van der Waals surface area contributed by atoms with E-state index in [9.17, 15) is 0 Å². The van der Waals surface area contributed by atoms with Gasteiger partial charge < -0.3 is 24.8 Å². The summed E-state index contributed by atoms with van der Waals surface area (Å²) in [5.74, 6) is 2.14. The van der Waals surface area contributed by atoms with E-state index in [1.807, 2.05) is 31.3 Å². The Morgan fingerprint density at radius 2 is 1.87 bits per heavy atom. The lowest BCUT2D eigenvalue weighted by Gasteiger charge is -2.42. The van der Waals surface area contributed by atoms with E-state index < -0.39 is 0 Å². The van der Waals surface area contributed by atoms with Gasteiger partial charge in [0, 0.05) is 93.5 Å². The van der Waals surface area contributed by atoms with E-state index in [1.54, 1.807) is 0 Å². The van der Waals surface area contributed by atoms with Crippen LogP contribution in [0.15, 0.2) is 73.7 Å². The SMILES string of the molecule is C=CC(=C)N1CC(CCN2C(=C)C=Cc3cnc(Nc4ccc(N5CCN(CCOCC)CC5)cc4)nc32)C1. The third kappa shape index (κ3) is 6.52. The highest BCUT2D eigenvalue weighted by molar-refractivity contribution is 5.74. The highest BCUT2D eigenvalue weighted by Crippen LogP contribution is 2.32. The van der Waals surface area contributed by atoms with Gasteiger partial charge in [-0.05, 0) is 61.8 Å². The number of anilines is 4. The van der Waals surface area contributed by atoms with E-state index in [0.717, 1.165) is 100 Å². The molecular weight excluding hydrogens is 486 g/mol. The van der Waals surface area contributed by atoms with Gasteiger partial charge in [-0.1, -0.05) is 19.7 Å². The lowest BCUT2D eigenvalue weighted by atomic mass is 9.95. The molecule has 1 N–H and O–H groups in total. The van der Waals surface area contributed by atoms with Crippen LogP contribution in [0, 0.1) is 5.92 Å². The van der Waals surface area contributed by atoms with Gasteiger partial charge in [0.15, 0.2) is 0 Å². The van der Waals surface area contributed by atoms with Crippen molar-refractivity contribution in [3.63, 3.8) is 0 Å². The molecule has 8 heteroatoms. The van der Waals surface area contributed by atoms with E-state index in [1.165, 1.54) is 5.69 Å². The number of ether oxygens (including phenoxy) is 1.